The number of para-hydroxylation sites is 1. The standard InChI is InChI=1S/C21H22N4O3/c1-28-16-8-6-14(7-9-16)10-11-22-21(27)15-12-19(26)25(13-15)20-17-4-2-3-5-18(17)23-24-20/h2-9,15H,10-13H2,1H3,(H,22,27)(H,23,24)/t15-/m1/s1. The first-order chi connectivity index (χ1) is 13.7. The van der Waals surface area contributed by atoms with Crippen LogP contribution < -0.4 is 15.0 Å². The van der Waals surface area contributed by atoms with Gasteiger partial charge >= 0.3 is 0 Å². The predicted octanol–water partition coefficient (Wildman–Crippen LogP) is 2.28. The minimum absolute atomic E-state index is 0.0763. The summed E-state index contributed by atoms with van der Waals surface area (Å²) in [6.45, 7) is 0.878. The molecule has 0 unspecified atom stereocenters. The molecule has 144 valence electrons. The summed E-state index contributed by atoms with van der Waals surface area (Å²) in [6.07, 6.45) is 0.930. The lowest BCUT2D eigenvalue weighted by Gasteiger charge is -2.14. The molecule has 0 saturated carbocycles. The van der Waals surface area contributed by atoms with E-state index in [0.717, 1.165) is 28.6 Å². The van der Waals surface area contributed by atoms with Crippen LogP contribution in [0.5, 0.6) is 5.75 Å². The normalized spacial score (nSPS) is 16.5. The second-order valence-electron chi connectivity index (χ2n) is 6.89. The highest BCUT2D eigenvalue weighted by Gasteiger charge is 2.36. The number of anilines is 1. The summed E-state index contributed by atoms with van der Waals surface area (Å²) in [5.41, 5.74) is 1.99. The van der Waals surface area contributed by atoms with E-state index in [0.29, 0.717) is 18.9 Å². The van der Waals surface area contributed by atoms with Gasteiger partial charge in [-0.05, 0) is 36.2 Å². The SMILES string of the molecule is COc1ccc(CCNC(=O)[C@@H]2CC(=O)N(c3n[nH]c4ccccc34)C2)cc1. The van der Waals surface area contributed by atoms with Crippen LogP contribution in [0.1, 0.15) is 12.0 Å². The number of H-pyrrole nitrogens is 1. The van der Waals surface area contributed by atoms with Crippen molar-refractivity contribution in [2.75, 3.05) is 25.1 Å². The van der Waals surface area contributed by atoms with Crippen LogP contribution in [0.3, 0.4) is 0 Å². The third-order valence-electron chi connectivity index (χ3n) is 5.07. The molecule has 1 aromatic heterocycles. The molecule has 2 N–H and O–H groups in total. The van der Waals surface area contributed by atoms with Crippen molar-refractivity contribution < 1.29 is 14.3 Å². The molecule has 1 fully saturated rings. The number of methoxy groups -OCH3 is 1. The molecule has 4 rings (SSSR count). The molecule has 3 aromatic rings. The number of aromatic nitrogens is 2. The number of nitrogens with one attached hydrogen (secondary N) is 2. The Balaban J connectivity index is 1.35. The molecule has 28 heavy (non-hydrogen) atoms. The topological polar surface area (TPSA) is 87.3 Å². The molecule has 2 aromatic carbocycles. The average Bonchev–Trinajstić information content (AvgIpc) is 3.31. The molecule has 0 bridgehead atoms. The van der Waals surface area contributed by atoms with Crippen LogP contribution in [0, 0.1) is 5.92 Å². The lowest BCUT2D eigenvalue weighted by molar-refractivity contribution is -0.126. The van der Waals surface area contributed by atoms with Gasteiger partial charge in [0.2, 0.25) is 11.8 Å². The Hall–Kier alpha value is -3.35. The summed E-state index contributed by atoms with van der Waals surface area (Å²) in [7, 11) is 1.63. The first-order valence-corrected chi connectivity index (χ1v) is 9.30. The van der Waals surface area contributed by atoms with Crippen molar-refractivity contribution in [1.82, 2.24) is 15.5 Å². The van der Waals surface area contributed by atoms with Crippen molar-refractivity contribution in [1.29, 1.82) is 0 Å². The third-order valence-corrected chi connectivity index (χ3v) is 5.07. The van der Waals surface area contributed by atoms with Crippen molar-refractivity contribution in [2.45, 2.75) is 12.8 Å². The van der Waals surface area contributed by atoms with E-state index in [9.17, 15) is 9.59 Å². The Morgan fingerprint density at radius 2 is 2.04 bits per heavy atom. The number of amides is 2. The Kier molecular flexibility index (Phi) is 4.97. The zero-order valence-electron chi connectivity index (χ0n) is 15.6. The third kappa shape index (κ3) is 3.55. The van der Waals surface area contributed by atoms with E-state index in [1.54, 1.807) is 12.0 Å². The number of benzene rings is 2. The van der Waals surface area contributed by atoms with Gasteiger partial charge in [0.1, 0.15) is 5.75 Å². The molecule has 7 heteroatoms. The summed E-state index contributed by atoms with van der Waals surface area (Å²) in [5, 5.41) is 11.0. The molecule has 1 aliphatic rings. The zero-order valence-corrected chi connectivity index (χ0v) is 15.6. The summed E-state index contributed by atoms with van der Waals surface area (Å²) in [6, 6.07) is 15.4. The van der Waals surface area contributed by atoms with Crippen LogP contribution in [-0.2, 0) is 16.0 Å². The van der Waals surface area contributed by atoms with Gasteiger partial charge in [-0.3, -0.25) is 19.6 Å². The van der Waals surface area contributed by atoms with Gasteiger partial charge < -0.3 is 10.1 Å². The van der Waals surface area contributed by atoms with Gasteiger partial charge in [-0.25, -0.2) is 0 Å². The van der Waals surface area contributed by atoms with Gasteiger partial charge in [0.25, 0.3) is 0 Å². The first kappa shape index (κ1) is 18.0. The van der Waals surface area contributed by atoms with E-state index in [2.05, 4.69) is 15.5 Å². The fourth-order valence-electron chi connectivity index (χ4n) is 3.51. The van der Waals surface area contributed by atoms with Crippen molar-refractivity contribution in [3.05, 3.63) is 54.1 Å². The quantitative estimate of drug-likeness (QED) is 0.689. The maximum absolute atomic E-state index is 12.5. The predicted molar refractivity (Wildman–Crippen MR) is 106 cm³/mol. The monoisotopic (exact) mass is 378 g/mol. The maximum Gasteiger partial charge on any atom is 0.229 e. The molecule has 0 spiro atoms. The lowest BCUT2D eigenvalue weighted by Crippen LogP contribution is -2.34. The van der Waals surface area contributed by atoms with Crippen LogP contribution in [0.4, 0.5) is 5.82 Å². The van der Waals surface area contributed by atoms with Crippen molar-refractivity contribution in [3.63, 3.8) is 0 Å². The van der Waals surface area contributed by atoms with Gasteiger partial charge in [-0.2, -0.15) is 5.10 Å². The molecule has 2 heterocycles. The van der Waals surface area contributed by atoms with Crippen LogP contribution >= 0.6 is 0 Å². The molecule has 1 aliphatic heterocycles. The molecule has 0 aliphatic carbocycles. The minimum Gasteiger partial charge on any atom is -0.497 e. The van der Waals surface area contributed by atoms with E-state index in [-0.39, 0.29) is 24.2 Å². The van der Waals surface area contributed by atoms with Gasteiger partial charge in [-0.1, -0.05) is 24.3 Å². The number of nitrogens with zero attached hydrogens (tertiary/aromatic N) is 2. The number of carbonyl (C=O) groups excluding carboxylic acids is 2. The Morgan fingerprint density at radius 1 is 1.25 bits per heavy atom. The zero-order chi connectivity index (χ0) is 19.5. The van der Waals surface area contributed by atoms with Crippen LogP contribution in [-0.4, -0.2) is 42.2 Å². The van der Waals surface area contributed by atoms with Gasteiger partial charge in [0.15, 0.2) is 5.82 Å². The highest BCUT2D eigenvalue weighted by atomic mass is 16.5. The molecule has 0 radical (unpaired) electrons. The van der Waals surface area contributed by atoms with E-state index in [4.69, 9.17) is 4.74 Å². The molecule has 2 amide bonds. The second kappa shape index (κ2) is 7.72. The summed E-state index contributed by atoms with van der Waals surface area (Å²) in [4.78, 5) is 26.6. The number of hydrogen-bond donors (Lipinski definition) is 2. The maximum atomic E-state index is 12.5. The number of hydrogen-bond acceptors (Lipinski definition) is 4. The van der Waals surface area contributed by atoms with Crippen LogP contribution in [0.15, 0.2) is 48.5 Å². The average molecular weight is 378 g/mol. The van der Waals surface area contributed by atoms with Gasteiger partial charge in [0.05, 0.1) is 18.5 Å². The Labute approximate surface area is 162 Å². The fourth-order valence-corrected chi connectivity index (χ4v) is 3.51. The fraction of sp³-hybridized carbons (Fsp3) is 0.286. The van der Waals surface area contributed by atoms with E-state index in [1.807, 2.05) is 48.5 Å². The van der Waals surface area contributed by atoms with Gasteiger partial charge in [0, 0.05) is 24.9 Å². The summed E-state index contributed by atoms with van der Waals surface area (Å²) >= 11 is 0. The lowest BCUT2D eigenvalue weighted by atomic mass is 10.1. The molecule has 1 atom stereocenters. The molecule has 7 nitrogen and oxygen atoms in total. The smallest absolute Gasteiger partial charge is 0.229 e. The van der Waals surface area contributed by atoms with Gasteiger partial charge in [-0.15, -0.1) is 0 Å². The largest absolute Gasteiger partial charge is 0.497 e. The summed E-state index contributed by atoms with van der Waals surface area (Å²) in [5.74, 6) is 0.868. The van der Waals surface area contributed by atoms with Crippen molar-refractivity contribution in [3.8, 4) is 5.75 Å². The van der Waals surface area contributed by atoms with E-state index >= 15 is 0 Å². The second-order valence-corrected chi connectivity index (χ2v) is 6.89. The van der Waals surface area contributed by atoms with Crippen molar-refractivity contribution >= 4 is 28.5 Å². The Morgan fingerprint density at radius 3 is 2.82 bits per heavy atom. The number of ether oxygens (including phenoxy) is 1. The highest BCUT2D eigenvalue weighted by Crippen LogP contribution is 2.29. The van der Waals surface area contributed by atoms with E-state index < -0.39 is 0 Å². The summed E-state index contributed by atoms with van der Waals surface area (Å²) < 4.78 is 5.14. The van der Waals surface area contributed by atoms with Crippen LogP contribution in [0.2, 0.25) is 0 Å². The highest BCUT2D eigenvalue weighted by molar-refractivity contribution is 6.05. The number of fused-ring (bicyclic) bond motifs is 1. The van der Waals surface area contributed by atoms with E-state index in [1.165, 1.54) is 0 Å². The Bertz CT molecular complexity index is 996. The number of aromatic amines is 1. The molecular weight excluding hydrogens is 356 g/mol. The minimum atomic E-state index is -0.362. The number of carbonyl (C=O) groups is 2. The molecule has 1 saturated heterocycles. The first-order valence-electron chi connectivity index (χ1n) is 9.30. The van der Waals surface area contributed by atoms with Crippen molar-refractivity contribution in [2.24, 2.45) is 5.92 Å². The van der Waals surface area contributed by atoms with Crippen LogP contribution in [0.25, 0.3) is 10.9 Å². The molecular formula is C21H22N4O3. The number of rotatable bonds is 6.